The van der Waals surface area contributed by atoms with Gasteiger partial charge in [-0.05, 0) is 33.6 Å². The summed E-state index contributed by atoms with van der Waals surface area (Å²) >= 11 is 0. The molecule has 2 unspecified atom stereocenters. The lowest BCUT2D eigenvalue weighted by molar-refractivity contribution is 0.222. The fraction of sp³-hybridized carbons (Fsp3) is 0.923. The van der Waals surface area contributed by atoms with Crippen molar-refractivity contribution < 1.29 is 0 Å². The second-order valence-corrected chi connectivity index (χ2v) is 5.68. The summed E-state index contributed by atoms with van der Waals surface area (Å²) in [6.07, 6.45) is 4.67. The van der Waals surface area contributed by atoms with E-state index in [0.29, 0.717) is 0 Å². The molecule has 1 aliphatic rings. The van der Waals surface area contributed by atoms with Crippen molar-refractivity contribution in [1.82, 2.24) is 4.90 Å². The molecule has 0 radical (unpaired) electrons. The quantitative estimate of drug-likeness (QED) is 0.662. The number of hydrogen-bond acceptors (Lipinski definition) is 2. The maximum atomic E-state index is 9.24. The van der Waals surface area contributed by atoms with Gasteiger partial charge in [-0.25, -0.2) is 0 Å². The Balaban J connectivity index is 2.86. The van der Waals surface area contributed by atoms with Crippen molar-refractivity contribution >= 4 is 0 Å². The first kappa shape index (κ1) is 12.5. The van der Waals surface area contributed by atoms with Crippen LogP contribution in [0, 0.1) is 11.3 Å². The zero-order valence-corrected chi connectivity index (χ0v) is 10.8. The van der Waals surface area contributed by atoms with Crippen LogP contribution in [0.25, 0.3) is 0 Å². The van der Waals surface area contributed by atoms with Gasteiger partial charge in [-0.1, -0.05) is 26.7 Å². The lowest BCUT2D eigenvalue weighted by Gasteiger charge is -2.26. The minimum atomic E-state index is 0.130. The van der Waals surface area contributed by atoms with Crippen molar-refractivity contribution in [3.8, 4) is 6.07 Å². The van der Waals surface area contributed by atoms with Crippen LogP contribution in [0.4, 0.5) is 0 Å². The molecular weight excluding hydrogens is 184 g/mol. The van der Waals surface area contributed by atoms with Crippen molar-refractivity contribution in [1.29, 1.82) is 5.26 Å². The standard InChI is InChI=1S/C13H24N2/c1-6-8-13(9-7-2)11(10-14)15(13)12(3,4)5/h11H,6-9H2,1-5H3. The Bertz CT molecular complexity index is 251. The predicted molar refractivity (Wildman–Crippen MR) is 63.5 cm³/mol. The zero-order valence-electron chi connectivity index (χ0n) is 10.8. The number of hydrogen-bond donors (Lipinski definition) is 0. The SMILES string of the molecule is CCCC1(CCC)C(C#N)N1C(C)(C)C. The molecule has 1 saturated heterocycles. The summed E-state index contributed by atoms with van der Waals surface area (Å²) in [4.78, 5) is 2.41. The van der Waals surface area contributed by atoms with Crippen LogP contribution >= 0.6 is 0 Å². The van der Waals surface area contributed by atoms with E-state index in [2.05, 4.69) is 45.6 Å². The van der Waals surface area contributed by atoms with Gasteiger partial charge >= 0.3 is 0 Å². The summed E-state index contributed by atoms with van der Waals surface area (Å²) in [5.41, 5.74) is 0.321. The predicted octanol–water partition coefficient (Wildman–Crippen LogP) is 3.33. The lowest BCUT2D eigenvalue weighted by Crippen LogP contribution is -2.33. The second kappa shape index (κ2) is 4.14. The average Bonchev–Trinajstić information content (AvgIpc) is 2.73. The normalized spacial score (nSPS) is 28.5. The van der Waals surface area contributed by atoms with Crippen LogP contribution in [0.3, 0.4) is 0 Å². The molecule has 0 N–H and O–H groups in total. The van der Waals surface area contributed by atoms with E-state index in [-0.39, 0.29) is 17.1 Å². The fourth-order valence-electron chi connectivity index (χ4n) is 3.11. The van der Waals surface area contributed by atoms with Crippen LogP contribution in [0.2, 0.25) is 0 Å². The summed E-state index contributed by atoms with van der Waals surface area (Å²) in [6, 6.07) is 2.63. The molecular formula is C13H24N2. The van der Waals surface area contributed by atoms with Gasteiger partial charge in [-0.15, -0.1) is 0 Å². The minimum Gasteiger partial charge on any atom is -0.273 e. The molecule has 0 saturated carbocycles. The van der Waals surface area contributed by atoms with Crippen molar-refractivity contribution in [2.24, 2.45) is 0 Å². The molecule has 2 nitrogen and oxygen atoms in total. The second-order valence-electron chi connectivity index (χ2n) is 5.68. The maximum Gasteiger partial charge on any atom is 0.117 e. The van der Waals surface area contributed by atoms with Gasteiger partial charge in [0.25, 0.3) is 0 Å². The first-order chi connectivity index (χ1) is 6.94. The highest BCUT2D eigenvalue weighted by Gasteiger charge is 2.65. The molecule has 0 amide bonds. The zero-order chi connectivity index (χ0) is 11.7. The van der Waals surface area contributed by atoms with E-state index in [1.54, 1.807) is 0 Å². The van der Waals surface area contributed by atoms with E-state index in [9.17, 15) is 5.26 Å². The van der Waals surface area contributed by atoms with Gasteiger partial charge in [0.1, 0.15) is 6.04 Å². The van der Waals surface area contributed by atoms with E-state index in [1.807, 2.05) is 0 Å². The van der Waals surface area contributed by atoms with Crippen molar-refractivity contribution in [3.05, 3.63) is 0 Å². The van der Waals surface area contributed by atoms with Crippen LogP contribution in [-0.2, 0) is 0 Å². The molecule has 1 heterocycles. The van der Waals surface area contributed by atoms with Gasteiger partial charge in [-0.3, -0.25) is 4.90 Å². The van der Waals surface area contributed by atoms with Crippen LogP contribution in [0.1, 0.15) is 60.3 Å². The summed E-state index contributed by atoms with van der Waals surface area (Å²) in [6.45, 7) is 11.1. The van der Waals surface area contributed by atoms with E-state index in [0.717, 1.165) is 12.8 Å². The molecule has 0 aromatic rings. The third kappa shape index (κ3) is 2.03. The Labute approximate surface area is 94.3 Å². The van der Waals surface area contributed by atoms with Crippen molar-refractivity contribution in [3.63, 3.8) is 0 Å². The van der Waals surface area contributed by atoms with E-state index in [4.69, 9.17) is 0 Å². The Kier molecular flexibility index (Phi) is 3.45. The molecule has 0 aliphatic carbocycles. The van der Waals surface area contributed by atoms with Crippen molar-refractivity contribution in [2.45, 2.75) is 77.4 Å². The van der Waals surface area contributed by atoms with Gasteiger partial charge in [-0.2, -0.15) is 5.26 Å². The largest absolute Gasteiger partial charge is 0.273 e. The summed E-state index contributed by atoms with van der Waals surface area (Å²) in [7, 11) is 0. The third-order valence-corrected chi connectivity index (χ3v) is 3.39. The van der Waals surface area contributed by atoms with E-state index in [1.165, 1.54) is 12.8 Å². The maximum absolute atomic E-state index is 9.24. The highest BCUT2D eigenvalue weighted by atomic mass is 15.4. The highest BCUT2D eigenvalue weighted by molar-refractivity contribution is 5.28. The number of rotatable bonds is 4. The summed E-state index contributed by atoms with van der Waals surface area (Å²) in [5.74, 6) is 0. The van der Waals surface area contributed by atoms with Crippen LogP contribution < -0.4 is 0 Å². The third-order valence-electron chi connectivity index (χ3n) is 3.39. The van der Waals surface area contributed by atoms with Crippen LogP contribution in [0.5, 0.6) is 0 Å². The van der Waals surface area contributed by atoms with E-state index >= 15 is 0 Å². The Hall–Kier alpha value is -0.550. The van der Waals surface area contributed by atoms with Gasteiger partial charge in [0.05, 0.1) is 11.6 Å². The molecule has 0 bridgehead atoms. The first-order valence-electron chi connectivity index (χ1n) is 6.13. The van der Waals surface area contributed by atoms with Gasteiger partial charge in [0.2, 0.25) is 0 Å². The molecule has 0 spiro atoms. The molecule has 1 rings (SSSR count). The molecule has 15 heavy (non-hydrogen) atoms. The van der Waals surface area contributed by atoms with E-state index < -0.39 is 0 Å². The molecule has 0 aromatic heterocycles. The topological polar surface area (TPSA) is 26.8 Å². The Morgan fingerprint density at radius 2 is 1.67 bits per heavy atom. The lowest BCUT2D eigenvalue weighted by atomic mass is 9.93. The van der Waals surface area contributed by atoms with Gasteiger partial charge < -0.3 is 0 Å². The molecule has 1 fully saturated rings. The Morgan fingerprint density at radius 3 is 1.87 bits per heavy atom. The number of nitriles is 1. The van der Waals surface area contributed by atoms with Crippen LogP contribution in [-0.4, -0.2) is 22.0 Å². The first-order valence-corrected chi connectivity index (χ1v) is 6.13. The Morgan fingerprint density at radius 1 is 1.20 bits per heavy atom. The average molecular weight is 208 g/mol. The number of nitrogens with zero attached hydrogens (tertiary/aromatic N) is 2. The van der Waals surface area contributed by atoms with Crippen LogP contribution in [0.15, 0.2) is 0 Å². The molecule has 1 aliphatic heterocycles. The molecule has 0 aromatic carbocycles. The highest BCUT2D eigenvalue weighted by Crippen LogP contribution is 2.52. The molecule has 2 atom stereocenters. The summed E-state index contributed by atoms with van der Waals surface area (Å²) < 4.78 is 0. The smallest absolute Gasteiger partial charge is 0.117 e. The monoisotopic (exact) mass is 208 g/mol. The van der Waals surface area contributed by atoms with Crippen molar-refractivity contribution in [2.75, 3.05) is 0 Å². The molecule has 86 valence electrons. The minimum absolute atomic E-state index is 0.130. The summed E-state index contributed by atoms with van der Waals surface area (Å²) in [5, 5.41) is 9.24. The van der Waals surface area contributed by atoms with Gasteiger partial charge in [0.15, 0.2) is 0 Å². The fourth-order valence-corrected chi connectivity index (χ4v) is 3.11. The molecule has 2 heteroatoms. The van der Waals surface area contributed by atoms with Gasteiger partial charge in [0, 0.05) is 5.54 Å².